The molecular formula is C28H24N2O4S. The number of esters is 1. The molecule has 1 unspecified atom stereocenters. The number of hydrogen-bond donors (Lipinski definition) is 1. The Hall–Kier alpha value is -4.02. The van der Waals surface area contributed by atoms with Crippen molar-refractivity contribution >= 4 is 29.2 Å². The predicted molar refractivity (Wildman–Crippen MR) is 135 cm³/mol. The maximum Gasteiger partial charge on any atom is 0.337 e. The Morgan fingerprint density at radius 1 is 1.09 bits per heavy atom. The molecule has 35 heavy (non-hydrogen) atoms. The van der Waals surface area contributed by atoms with Gasteiger partial charge in [-0.15, -0.1) is 0 Å². The number of aryl methyl sites for hydroxylation is 1. The fraction of sp³-hybridized carbons (Fsp3) is 0.179. The van der Waals surface area contributed by atoms with Gasteiger partial charge in [0.25, 0.3) is 0 Å². The topological polar surface area (TPSA) is 92.3 Å². The van der Waals surface area contributed by atoms with Crippen LogP contribution in [0.4, 0.5) is 0 Å². The molecule has 3 aromatic rings. The fourth-order valence-corrected chi connectivity index (χ4v) is 4.79. The summed E-state index contributed by atoms with van der Waals surface area (Å²) in [6.45, 7) is 3.89. The molecule has 0 saturated carbocycles. The van der Waals surface area contributed by atoms with Gasteiger partial charge in [0.15, 0.2) is 5.78 Å². The van der Waals surface area contributed by atoms with Gasteiger partial charge in [-0.2, -0.15) is 5.26 Å². The summed E-state index contributed by atoms with van der Waals surface area (Å²) in [5.41, 5.74) is 3.54. The SMILES string of the molecule is CCOC(=O)C1=C(c2ccccc2)NC(SCC(=O)c2ccc(C)cc2)=C(C#N)C1c1ccco1. The second-order valence-electron chi connectivity index (χ2n) is 7.88. The van der Waals surface area contributed by atoms with Crippen molar-refractivity contribution in [3.05, 3.63) is 112 Å². The van der Waals surface area contributed by atoms with E-state index in [-0.39, 0.29) is 18.1 Å². The summed E-state index contributed by atoms with van der Waals surface area (Å²) in [7, 11) is 0. The van der Waals surface area contributed by atoms with Crippen molar-refractivity contribution in [1.29, 1.82) is 5.26 Å². The highest BCUT2D eigenvalue weighted by Crippen LogP contribution is 2.43. The number of ether oxygens (including phenoxy) is 1. The van der Waals surface area contributed by atoms with E-state index in [2.05, 4.69) is 11.4 Å². The highest BCUT2D eigenvalue weighted by molar-refractivity contribution is 8.03. The van der Waals surface area contributed by atoms with Crippen LogP contribution < -0.4 is 5.32 Å². The molecule has 2 heterocycles. The molecule has 1 N–H and O–H groups in total. The third kappa shape index (κ3) is 5.23. The number of benzene rings is 2. The van der Waals surface area contributed by atoms with E-state index in [1.165, 1.54) is 18.0 Å². The van der Waals surface area contributed by atoms with E-state index in [9.17, 15) is 14.9 Å². The van der Waals surface area contributed by atoms with Gasteiger partial charge in [0, 0.05) is 5.56 Å². The van der Waals surface area contributed by atoms with Gasteiger partial charge in [-0.3, -0.25) is 4.79 Å². The van der Waals surface area contributed by atoms with Gasteiger partial charge in [0.2, 0.25) is 0 Å². The van der Waals surface area contributed by atoms with Crippen molar-refractivity contribution in [3.8, 4) is 6.07 Å². The zero-order chi connectivity index (χ0) is 24.8. The number of nitrogens with one attached hydrogen (secondary N) is 1. The van der Waals surface area contributed by atoms with Crippen LogP contribution in [0.15, 0.2) is 93.6 Å². The van der Waals surface area contributed by atoms with Crippen molar-refractivity contribution in [2.75, 3.05) is 12.4 Å². The lowest BCUT2D eigenvalue weighted by atomic mass is 9.84. The van der Waals surface area contributed by atoms with Crippen LogP contribution in [-0.2, 0) is 9.53 Å². The molecule has 1 aliphatic rings. The lowest BCUT2D eigenvalue weighted by molar-refractivity contribution is -0.138. The molecule has 4 rings (SSSR count). The molecule has 2 aromatic carbocycles. The van der Waals surface area contributed by atoms with Crippen LogP contribution in [0, 0.1) is 18.3 Å². The van der Waals surface area contributed by atoms with Crippen LogP contribution in [0.3, 0.4) is 0 Å². The summed E-state index contributed by atoms with van der Waals surface area (Å²) in [6, 6.07) is 22.4. The van der Waals surface area contributed by atoms with E-state index in [0.717, 1.165) is 11.1 Å². The number of furan rings is 1. The molecule has 1 aliphatic heterocycles. The van der Waals surface area contributed by atoms with E-state index in [4.69, 9.17) is 9.15 Å². The number of nitriles is 1. The second-order valence-corrected chi connectivity index (χ2v) is 8.87. The summed E-state index contributed by atoms with van der Waals surface area (Å²) < 4.78 is 11.1. The highest BCUT2D eigenvalue weighted by Gasteiger charge is 2.38. The van der Waals surface area contributed by atoms with Crippen LogP contribution >= 0.6 is 11.8 Å². The molecule has 0 fully saturated rings. The molecule has 6 nitrogen and oxygen atoms in total. The van der Waals surface area contributed by atoms with Crippen LogP contribution in [0.1, 0.15) is 40.1 Å². The third-order valence-corrected chi connectivity index (χ3v) is 6.57. The van der Waals surface area contributed by atoms with Gasteiger partial charge in [-0.25, -0.2) is 4.79 Å². The summed E-state index contributed by atoms with van der Waals surface area (Å²) in [4.78, 5) is 26.0. The molecule has 1 aromatic heterocycles. The molecule has 176 valence electrons. The minimum atomic E-state index is -0.775. The molecule has 0 radical (unpaired) electrons. The molecule has 1 atom stereocenters. The molecule has 0 spiro atoms. The zero-order valence-electron chi connectivity index (χ0n) is 19.4. The number of allylic oxidation sites excluding steroid dienone is 1. The summed E-state index contributed by atoms with van der Waals surface area (Å²) in [6.07, 6.45) is 1.51. The Labute approximate surface area is 208 Å². The Morgan fingerprint density at radius 2 is 1.83 bits per heavy atom. The Bertz CT molecular complexity index is 1320. The number of Topliss-reactive ketones (excluding diaryl/α,β-unsaturated/α-hetero) is 1. The number of ketones is 1. The van der Waals surface area contributed by atoms with Crippen molar-refractivity contribution in [2.24, 2.45) is 0 Å². The smallest absolute Gasteiger partial charge is 0.337 e. The van der Waals surface area contributed by atoms with Gasteiger partial charge < -0.3 is 14.5 Å². The summed E-state index contributed by atoms with van der Waals surface area (Å²) >= 11 is 1.23. The van der Waals surface area contributed by atoms with Crippen LogP contribution in [-0.4, -0.2) is 24.1 Å². The van der Waals surface area contributed by atoms with E-state index < -0.39 is 11.9 Å². The number of hydrogen-bond acceptors (Lipinski definition) is 7. The number of dihydropyridines is 1. The van der Waals surface area contributed by atoms with Crippen LogP contribution in [0.2, 0.25) is 0 Å². The highest BCUT2D eigenvalue weighted by atomic mass is 32.2. The number of nitrogens with zero attached hydrogens (tertiary/aromatic N) is 1. The maximum absolute atomic E-state index is 13.2. The zero-order valence-corrected chi connectivity index (χ0v) is 20.2. The Morgan fingerprint density at radius 3 is 2.46 bits per heavy atom. The summed E-state index contributed by atoms with van der Waals surface area (Å²) in [5.74, 6) is -0.798. The van der Waals surface area contributed by atoms with Gasteiger partial charge in [0.1, 0.15) is 5.76 Å². The minimum absolute atomic E-state index is 0.0578. The largest absolute Gasteiger partial charge is 0.468 e. The number of carbonyl (C=O) groups is 2. The molecule has 0 amide bonds. The first-order valence-corrected chi connectivity index (χ1v) is 12.2. The van der Waals surface area contributed by atoms with Crippen LogP contribution in [0.5, 0.6) is 0 Å². The normalized spacial score (nSPS) is 15.4. The minimum Gasteiger partial charge on any atom is -0.468 e. The molecule has 7 heteroatoms. The molecule has 0 saturated heterocycles. The molecule has 0 aliphatic carbocycles. The first kappa shape index (κ1) is 24.1. The van der Waals surface area contributed by atoms with E-state index in [0.29, 0.717) is 33.2 Å². The number of thioether (sulfide) groups is 1. The lowest BCUT2D eigenvalue weighted by Gasteiger charge is -2.29. The van der Waals surface area contributed by atoms with Gasteiger partial charge >= 0.3 is 5.97 Å². The quantitative estimate of drug-likeness (QED) is 0.329. The van der Waals surface area contributed by atoms with Crippen molar-refractivity contribution < 1.29 is 18.7 Å². The van der Waals surface area contributed by atoms with E-state index in [1.54, 1.807) is 31.2 Å². The van der Waals surface area contributed by atoms with E-state index in [1.807, 2.05) is 49.4 Å². The monoisotopic (exact) mass is 484 g/mol. The van der Waals surface area contributed by atoms with Gasteiger partial charge in [-0.1, -0.05) is 71.9 Å². The first-order valence-electron chi connectivity index (χ1n) is 11.2. The fourth-order valence-electron chi connectivity index (χ4n) is 3.86. The molecule has 0 bridgehead atoms. The third-order valence-electron chi connectivity index (χ3n) is 5.56. The van der Waals surface area contributed by atoms with Gasteiger partial charge in [0.05, 0.1) is 52.5 Å². The van der Waals surface area contributed by atoms with E-state index >= 15 is 0 Å². The Kier molecular flexibility index (Phi) is 7.54. The molecular weight excluding hydrogens is 460 g/mol. The first-order chi connectivity index (χ1) is 17.0. The predicted octanol–water partition coefficient (Wildman–Crippen LogP) is 5.60. The summed E-state index contributed by atoms with van der Waals surface area (Å²) in [5, 5.41) is 13.9. The van der Waals surface area contributed by atoms with Gasteiger partial charge in [-0.05, 0) is 31.5 Å². The number of carbonyl (C=O) groups excluding carboxylic acids is 2. The van der Waals surface area contributed by atoms with Crippen LogP contribution in [0.25, 0.3) is 5.70 Å². The number of rotatable bonds is 8. The standard InChI is InChI=1S/C28H24N2O4S/c1-3-33-28(32)25-24(23-10-7-15-34-23)21(16-29)27(30-26(25)20-8-5-4-6-9-20)35-17-22(31)19-13-11-18(2)12-14-19/h4-15,24,30H,3,17H2,1-2H3. The average molecular weight is 485 g/mol. The lowest BCUT2D eigenvalue weighted by Crippen LogP contribution is -2.29. The van der Waals surface area contributed by atoms with Crippen molar-refractivity contribution in [2.45, 2.75) is 19.8 Å². The van der Waals surface area contributed by atoms with Crippen molar-refractivity contribution in [3.63, 3.8) is 0 Å². The maximum atomic E-state index is 13.2. The van der Waals surface area contributed by atoms with Crippen molar-refractivity contribution in [1.82, 2.24) is 5.32 Å². The Balaban J connectivity index is 1.77. The second kappa shape index (κ2) is 10.9. The average Bonchev–Trinajstić information content (AvgIpc) is 3.42.